The Bertz CT molecular complexity index is 340. The van der Waals surface area contributed by atoms with Gasteiger partial charge in [-0.15, -0.1) is 12.6 Å². The Hall–Kier alpha value is -1.49. The Kier molecular flexibility index (Phi) is 2.57. The molecule has 4 nitrogen and oxygen atoms in total. The van der Waals surface area contributed by atoms with Crippen LogP contribution in [0, 0.1) is 0 Å². The van der Waals surface area contributed by atoms with Crippen LogP contribution in [-0.2, 0) is 0 Å². The third-order valence-electron chi connectivity index (χ3n) is 1.50. The highest BCUT2D eigenvalue weighted by atomic mass is 32.1. The zero-order valence-corrected chi connectivity index (χ0v) is 7.28. The Morgan fingerprint density at radius 2 is 1.46 bits per heavy atom. The smallest absolute Gasteiger partial charge is 0.336 e. The molecule has 0 heterocycles. The van der Waals surface area contributed by atoms with E-state index in [1.807, 2.05) is 0 Å². The minimum atomic E-state index is -1.19. The third kappa shape index (κ3) is 1.81. The molecule has 0 saturated heterocycles. The minimum absolute atomic E-state index is 0.0255. The minimum Gasteiger partial charge on any atom is -0.478 e. The number of rotatable bonds is 2. The maximum absolute atomic E-state index is 10.6. The highest BCUT2D eigenvalue weighted by Gasteiger charge is 2.14. The summed E-state index contributed by atoms with van der Waals surface area (Å²) >= 11 is 3.83. The van der Waals surface area contributed by atoms with Crippen molar-refractivity contribution in [1.82, 2.24) is 0 Å². The first-order valence-corrected chi connectivity index (χ1v) is 3.77. The van der Waals surface area contributed by atoms with Gasteiger partial charge in [-0.3, -0.25) is 0 Å². The van der Waals surface area contributed by atoms with E-state index in [1.54, 1.807) is 0 Å². The van der Waals surface area contributed by atoms with Gasteiger partial charge in [0, 0.05) is 4.90 Å². The van der Waals surface area contributed by atoms with Gasteiger partial charge in [0.25, 0.3) is 0 Å². The van der Waals surface area contributed by atoms with E-state index >= 15 is 0 Å². The van der Waals surface area contributed by atoms with Gasteiger partial charge in [0.1, 0.15) is 0 Å². The van der Waals surface area contributed by atoms with E-state index in [0.29, 0.717) is 0 Å². The number of benzene rings is 1. The Morgan fingerprint density at radius 1 is 1.08 bits per heavy atom. The van der Waals surface area contributed by atoms with Crippen LogP contribution >= 0.6 is 12.6 Å². The van der Waals surface area contributed by atoms with Gasteiger partial charge in [0.2, 0.25) is 0 Å². The summed E-state index contributed by atoms with van der Waals surface area (Å²) in [5.41, 5.74) is -0.216. The average molecular weight is 198 g/mol. The summed E-state index contributed by atoms with van der Waals surface area (Å²) in [7, 11) is 0. The van der Waals surface area contributed by atoms with E-state index in [4.69, 9.17) is 10.2 Å². The highest BCUT2D eigenvalue weighted by Crippen LogP contribution is 2.18. The Balaban J connectivity index is 3.35. The normalized spacial score (nSPS) is 9.62. The molecule has 2 N–H and O–H groups in total. The lowest BCUT2D eigenvalue weighted by molar-refractivity contribution is 0.0690. The highest BCUT2D eigenvalue weighted by molar-refractivity contribution is 7.80. The second kappa shape index (κ2) is 3.49. The van der Waals surface area contributed by atoms with Crippen molar-refractivity contribution in [2.75, 3.05) is 0 Å². The molecular weight excluding hydrogens is 192 g/mol. The van der Waals surface area contributed by atoms with Gasteiger partial charge < -0.3 is 10.2 Å². The van der Waals surface area contributed by atoms with E-state index in [2.05, 4.69) is 12.6 Å². The first kappa shape index (κ1) is 9.60. The predicted molar refractivity (Wildman–Crippen MR) is 47.6 cm³/mol. The number of hydrogen-bond acceptors (Lipinski definition) is 3. The van der Waals surface area contributed by atoms with E-state index in [-0.39, 0.29) is 16.0 Å². The third-order valence-corrected chi connectivity index (χ3v) is 1.98. The molecule has 0 atom stereocenters. The molecule has 68 valence electrons. The van der Waals surface area contributed by atoms with Gasteiger partial charge in [0.05, 0.1) is 11.1 Å². The van der Waals surface area contributed by atoms with Crippen molar-refractivity contribution >= 4 is 24.6 Å². The van der Waals surface area contributed by atoms with Crippen LogP contribution in [0.1, 0.15) is 20.7 Å². The molecule has 0 aliphatic carbocycles. The average Bonchev–Trinajstić information content (AvgIpc) is 2.03. The van der Waals surface area contributed by atoms with Crippen LogP contribution in [0.25, 0.3) is 0 Å². The number of aromatic carboxylic acids is 2. The van der Waals surface area contributed by atoms with Crippen LogP contribution in [0.2, 0.25) is 0 Å². The number of carboxylic acids is 2. The zero-order valence-electron chi connectivity index (χ0n) is 6.39. The Morgan fingerprint density at radius 3 is 1.77 bits per heavy atom. The summed E-state index contributed by atoms with van der Waals surface area (Å²) in [6.07, 6.45) is 0. The monoisotopic (exact) mass is 198 g/mol. The lowest BCUT2D eigenvalue weighted by Gasteiger charge is -2.02. The summed E-state index contributed by atoms with van der Waals surface area (Å²) in [4.78, 5) is 21.1. The second-order valence-electron chi connectivity index (χ2n) is 2.31. The molecule has 0 saturated carbocycles. The fraction of sp³-hybridized carbons (Fsp3) is 0. The van der Waals surface area contributed by atoms with Crippen molar-refractivity contribution in [3.05, 3.63) is 29.3 Å². The molecule has 13 heavy (non-hydrogen) atoms. The van der Waals surface area contributed by atoms with Crippen molar-refractivity contribution in [2.24, 2.45) is 0 Å². The Labute approximate surface area is 79.2 Å². The number of thiol groups is 1. The predicted octanol–water partition coefficient (Wildman–Crippen LogP) is 1.37. The summed E-state index contributed by atoms with van der Waals surface area (Å²) in [5, 5.41) is 17.3. The van der Waals surface area contributed by atoms with Crippen molar-refractivity contribution < 1.29 is 19.8 Å². The van der Waals surface area contributed by atoms with E-state index in [0.717, 1.165) is 0 Å². The molecule has 0 fully saturated rings. The lowest BCUT2D eigenvalue weighted by Crippen LogP contribution is -2.04. The number of carbonyl (C=O) groups is 2. The molecular formula is C8H6O4S. The van der Waals surface area contributed by atoms with Crippen LogP contribution < -0.4 is 0 Å². The van der Waals surface area contributed by atoms with Crippen molar-refractivity contribution in [3.8, 4) is 0 Å². The molecule has 0 unspecified atom stereocenters. The van der Waals surface area contributed by atoms with Crippen LogP contribution in [0.5, 0.6) is 0 Å². The summed E-state index contributed by atoms with van der Waals surface area (Å²) < 4.78 is 0. The number of carboxylic acid groups (broad SMARTS) is 2. The van der Waals surface area contributed by atoms with Crippen LogP contribution in [0.4, 0.5) is 0 Å². The largest absolute Gasteiger partial charge is 0.478 e. The van der Waals surface area contributed by atoms with Crippen LogP contribution in [0.3, 0.4) is 0 Å². The van der Waals surface area contributed by atoms with Crippen molar-refractivity contribution in [2.45, 2.75) is 4.90 Å². The maximum atomic E-state index is 10.6. The van der Waals surface area contributed by atoms with Crippen molar-refractivity contribution in [1.29, 1.82) is 0 Å². The molecule has 0 bridgehead atoms. The standard InChI is InChI=1S/C8H6O4S/c9-7(10)4-2-1-3-5(6(4)13)8(11)12/h1-3,13H,(H,9,10)(H,11,12). The van der Waals surface area contributed by atoms with Crippen LogP contribution in [-0.4, -0.2) is 22.2 Å². The molecule has 1 aromatic carbocycles. The summed E-state index contributed by atoms with van der Waals surface area (Å²) in [6.45, 7) is 0. The van der Waals surface area contributed by atoms with Gasteiger partial charge >= 0.3 is 11.9 Å². The molecule has 0 aliphatic heterocycles. The van der Waals surface area contributed by atoms with Gasteiger partial charge in [-0.05, 0) is 12.1 Å². The molecule has 5 heteroatoms. The summed E-state index contributed by atoms with van der Waals surface area (Å²) in [5.74, 6) is -2.37. The van der Waals surface area contributed by atoms with Gasteiger partial charge in [0.15, 0.2) is 0 Å². The molecule has 0 aliphatic rings. The quantitative estimate of drug-likeness (QED) is 0.627. The SMILES string of the molecule is O=C(O)c1cccc(C(=O)O)c1S. The molecule has 1 rings (SSSR count). The summed E-state index contributed by atoms with van der Waals surface area (Å²) in [6, 6.07) is 3.97. The van der Waals surface area contributed by atoms with Gasteiger partial charge in [-0.25, -0.2) is 9.59 Å². The molecule has 1 aromatic rings. The van der Waals surface area contributed by atoms with E-state index in [1.165, 1.54) is 18.2 Å². The molecule has 0 amide bonds. The van der Waals surface area contributed by atoms with Crippen LogP contribution in [0.15, 0.2) is 23.1 Å². The number of hydrogen-bond donors (Lipinski definition) is 3. The first-order chi connectivity index (χ1) is 6.04. The second-order valence-corrected chi connectivity index (χ2v) is 2.76. The molecule has 0 aromatic heterocycles. The molecule has 0 spiro atoms. The van der Waals surface area contributed by atoms with Crippen molar-refractivity contribution in [3.63, 3.8) is 0 Å². The van der Waals surface area contributed by atoms with E-state index < -0.39 is 11.9 Å². The van der Waals surface area contributed by atoms with Gasteiger partial charge in [-0.2, -0.15) is 0 Å². The van der Waals surface area contributed by atoms with Gasteiger partial charge in [-0.1, -0.05) is 6.07 Å². The first-order valence-electron chi connectivity index (χ1n) is 3.32. The fourth-order valence-corrected chi connectivity index (χ4v) is 1.23. The zero-order chi connectivity index (χ0) is 10.0. The molecule has 0 radical (unpaired) electrons. The van der Waals surface area contributed by atoms with E-state index in [9.17, 15) is 9.59 Å². The topological polar surface area (TPSA) is 74.6 Å². The fourth-order valence-electron chi connectivity index (χ4n) is 0.889. The lowest BCUT2D eigenvalue weighted by atomic mass is 10.1. The maximum Gasteiger partial charge on any atom is 0.336 e.